The van der Waals surface area contributed by atoms with Gasteiger partial charge in [0.2, 0.25) is 0 Å². The molecule has 2 amide bonds. The zero-order chi connectivity index (χ0) is 9.19. The molecule has 0 aromatic rings. The standard InChI is InChI=1S/C7H13N3O2/c1-7(3-4-12-2)5(8)9-6(11)10-7/h3-4H2,1-2H3,(H3,8,9,10,11). The molecule has 0 aromatic heterocycles. The van der Waals surface area contributed by atoms with E-state index in [1.807, 2.05) is 6.92 Å². The summed E-state index contributed by atoms with van der Waals surface area (Å²) < 4.78 is 4.89. The SMILES string of the molecule is COCCC1(C)NC(=O)N=C1N. The van der Waals surface area contributed by atoms with Crippen LogP contribution < -0.4 is 11.1 Å². The van der Waals surface area contributed by atoms with E-state index in [4.69, 9.17) is 10.5 Å². The fraction of sp³-hybridized carbons (Fsp3) is 0.714. The molecule has 0 spiro atoms. The fourth-order valence-corrected chi connectivity index (χ4v) is 1.06. The van der Waals surface area contributed by atoms with Crippen LogP contribution in [-0.4, -0.2) is 31.1 Å². The van der Waals surface area contributed by atoms with Crippen molar-refractivity contribution >= 4 is 11.9 Å². The zero-order valence-corrected chi connectivity index (χ0v) is 7.26. The highest BCUT2D eigenvalue weighted by Crippen LogP contribution is 2.15. The molecule has 0 radical (unpaired) electrons. The lowest BCUT2D eigenvalue weighted by Gasteiger charge is -2.23. The van der Waals surface area contributed by atoms with E-state index < -0.39 is 5.54 Å². The number of ether oxygens (including phenoxy) is 1. The summed E-state index contributed by atoms with van der Waals surface area (Å²) in [5.74, 6) is 0.338. The van der Waals surface area contributed by atoms with Crippen molar-refractivity contribution in [3.05, 3.63) is 0 Å². The zero-order valence-electron chi connectivity index (χ0n) is 7.26. The maximum absolute atomic E-state index is 10.8. The van der Waals surface area contributed by atoms with Crippen molar-refractivity contribution in [1.29, 1.82) is 0 Å². The van der Waals surface area contributed by atoms with Gasteiger partial charge in [0.15, 0.2) is 0 Å². The molecule has 1 aliphatic rings. The van der Waals surface area contributed by atoms with E-state index >= 15 is 0 Å². The van der Waals surface area contributed by atoms with Crippen molar-refractivity contribution in [3.63, 3.8) is 0 Å². The molecule has 1 heterocycles. The van der Waals surface area contributed by atoms with E-state index in [2.05, 4.69) is 10.3 Å². The van der Waals surface area contributed by atoms with E-state index in [1.165, 1.54) is 0 Å². The Morgan fingerprint density at radius 1 is 1.75 bits per heavy atom. The van der Waals surface area contributed by atoms with Gasteiger partial charge >= 0.3 is 6.03 Å². The quantitative estimate of drug-likeness (QED) is 0.620. The van der Waals surface area contributed by atoms with Crippen LogP contribution in [0.4, 0.5) is 4.79 Å². The van der Waals surface area contributed by atoms with E-state index in [1.54, 1.807) is 7.11 Å². The summed E-state index contributed by atoms with van der Waals surface area (Å²) in [4.78, 5) is 14.4. The predicted molar refractivity (Wildman–Crippen MR) is 45.1 cm³/mol. The number of rotatable bonds is 3. The van der Waals surface area contributed by atoms with Crippen molar-refractivity contribution in [2.45, 2.75) is 18.9 Å². The molecule has 0 saturated carbocycles. The largest absolute Gasteiger partial charge is 0.385 e. The second-order valence-electron chi connectivity index (χ2n) is 3.00. The fourth-order valence-electron chi connectivity index (χ4n) is 1.06. The van der Waals surface area contributed by atoms with Crippen molar-refractivity contribution in [2.75, 3.05) is 13.7 Å². The Hall–Kier alpha value is -1.10. The topological polar surface area (TPSA) is 76.7 Å². The van der Waals surface area contributed by atoms with Crippen LogP contribution in [0.3, 0.4) is 0 Å². The number of urea groups is 1. The number of aliphatic imine (C=N–C) groups is 1. The lowest BCUT2D eigenvalue weighted by atomic mass is 9.98. The number of amidine groups is 1. The first-order valence-corrected chi connectivity index (χ1v) is 3.74. The van der Waals surface area contributed by atoms with Gasteiger partial charge in [-0.2, -0.15) is 4.99 Å². The van der Waals surface area contributed by atoms with Crippen LogP contribution in [0.25, 0.3) is 0 Å². The summed E-state index contributed by atoms with van der Waals surface area (Å²) >= 11 is 0. The number of carbonyl (C=O) groups is 1. The molecule has 12 heavy (non-hydrogen) atoms. The van der Waals surface area contributed by atoms with Gasteiger partial charge in [-0.15, -0.1) is 0 Å². The molecule has 0 aliphatic carbocycles. The van der Waals surface area contributed by atoms with Gasteiger partial charge in [-0.05, 0) is 6.92 Å². The van der Waals surface area contributed by atoms with Gasteiger partial charge in [0, 0.05) is 20.1 Å². The molecular formula is C7H13N3O2. The number of methoxy groups -OCH3 is 1. The molecule has 0 aromatic carbocycles. The third kappa shape index (κ3) is 1.55. The van der Waals surface area contributed by atoms with Gasteiger partial charge < -0.3 is 15.8 Å². The molecule has 0 fully saturated rings. The van der Waals surface area contributed by atoms with E-state index in [9.17, 15) is 4.79 Å². The first kappa shape index (κ1) is 8.99. The van der Waals surface area contributed by atoms with Crippen molar-refractivity contribution in [1.82, 2.24) is 5.32 Å². The monoisotopic (exact) mass is 171 g/mol. The third-order valence-electron chi connectivity index (χ3n) is 1.98. The summed E-state index contributed by atoms with van der Waals surface area (Å²) in [6.45, 7) is 2.38. The minimum Gasteiger partial charge on any atom is -0.385 e. The van der Waals surface area contributed by atoms with E-state index in [-0.39, 0.29) is 6.03 Å². The molecule has 0 saturated heterocycles. The number of hydrogen-bond acceptors (Lipinski definition) is 3. The average molecular weight is 171 g/mol. The highest BCUT2D eigenvalue weighted by molar-refractivity contribution is 6.05. The Kier molecular flexibility index (Phi) is 2.32. The maximum Gasteiger partial charge on any atom is 0.343 e. The van der Waals surface area contributed by atoms with Gasteiger partial charge in [0.25, 0.3) is 0 Å². The van der Waals surface area contributed by atoms with E-state index in [0.29, 0.717) is 18.9 Å². The Morgan fingerprint density at radius 2 is 2.42 bits per heavy atom. The van der Waals surface area contributed by atoms with Crippen LogP contribution >= 0.6 is 0 Å². The van der Waals surface area contributed by atoms with Crippen molar-refractivity contribution in [3.8, 4) is 0 Å². The Morgan fingerprint density at radius 3 is 2.83 bits per heavy atom. The highest BCUT2D eigenvalue weighted by Gasteiger charge is 2.35. The van der Waals surface area contributed by atoms with Crippen molar-refractivity contribution < 1.29 is 9.53 Å². The summed E-state index contributed by atoms with van der Waals surface area (Å²) in [6, 6.07) is -0.369. The molecule has 1 aliphatic heterocycles. The number of carbonyl (C=O) groups excluding carboxylic acids is 1. The number of nitrogens with two attached hydrogens (primary N) is 1. The highest BCUT2D eigenvalue weighted by atomic mass is 16.5. The summed E-state index contributed by atoms with van der Waals surface area (Å²) in [6.07, 6.45) is 0.643. The van der Waals surface area contributed by atoms with E-state index in [0.717, 1.165) is 0 Å². The molecule has 1 atom stereocenters. The maximum atomic E-state index is 10.8. The van der Waals surface area contributed by atoms with Crippen LogP contribution in [0.1, 0.15) is 13.3 Å². The Balaban J connectivity index is 2.61. The first-order chi connectivity index (χ1) is 5.58. The Labute approximate surface area is 71.0 Å². The summed E-state index contributed by atoms with van der Waals surface area (Å²) in [5, 5.41) is 2.67. The van der Waals surface area contributed by atoms with Crippen LogP contribution in [0.2, 0.25) is 0 Å². The van der Waals surface area contributed by atoms with Crippen LogP contribution in [0, 0.1) is 0 Å². The van der Waals surface area contributed by atoms with Crippen molar-refractivity contribution in [2.24, 2.45) is 10.7 Å². The van der Waals surface area contributed by atoms with Gasteiger partial charge in [-0.1, -0.05) is 0 Å². The normalized spacial score (nSPS) is 28.5. The lowest BCUT2D eigenvalue weighted by molar-refractivity contribution is 0.178. The van der Waals surface area contributed by atoms with Crippen LogP contribution in [0.15, 0.2) is 4.99 Å². The molecule has 1 unspecified atom stereocenters. The third-order valence-corrected chi connectivity index (χ3v) is 1.98. The molecule has 3 N–H and O–H groups in total. The number of nitrogens with one attached hydrogen (secondary N) is 1. The smallest absolute Gasteiger partial charge is 0.343 e. The van der Waals surface area contributed by atoms with Gasteiger partial charge in [0.05, 0.1) is 5.54 Å². The summed E-state index contributed by atoms with van der Waals surface area (Å²) in [5.41, 5.74) is 5.03. The van der Waals surface area contributed by atoms with Gasteiger partial charge in [-0.25, -0.2) is 4.79 Å². The number of nitrogens with zero attached hydrogens (tertiary/aromatic N) is 1. The predicted octanol–water partition coefficient (Wildman–Crippen LogP) is -0.138. The lowest BCUT2D eigenvalue weighted by Crippen LogP contribution is -2.49. The average Bonchev–Trinajstić information content (AvgIpc) is 2.23. The second kappa shape index (κ2) is 3.10. The Bertz CT molecular complexity index is 227. The molecule has 0 bridgehead atoms. The van der Waals surface area contributed by atoms with Crippen LogP contribution in [-0.2, 0) is 4.74 Å². The first-order valence-electron chi connectivity index (χ1n) is 3.74. The number of hydrogen-bond donors (Lipinski definition) is 2. The molecule has 1 rings (SSSR count). The van der Waals surface area contributed by atoms with Gasteiger partial charge in [0.1, 0.15) is 5.84 Å². The van der Waals surface area contributed by atoms with Crippen LogP contribution in [0.5, 0.6) is 0 Å². The summed E-state index contributed by atoms with van der Waals surface area (Å²) in [7, 11) is 1.60. The molecule has 5 nitrogen and oxygen atoms in total. The minimum atomic E-state index is -0.521. The molecular weight excluding hydrogens is 158 g/mol. The number of amides is 2. The molecule has 5 heteroatoms. The van der Waals surface area contributed by atoms with Gasteiger partial charge in [-0.3, -0.25) is 0 Å². The minimum absolute atomic E-state index is 0.338. The molecule has 68 valence electrons. The second-order valence-corrected chi connectivity index (χ2v) is 3.00.